The third kappa shape index (κ3) is 3.73. The van der Waals surface area contributed by atoms with Gasteiger partial charge in [-0.2, -0.15) is 0 Å². The lowest BCUT2D eigenvalue weighted by Crippen LogP contribution is -2.22. The SMILES string of the molecule is CCNC(c1ccc(C)cc1)c1cc(Cl)cc(Cl)c1. The number of hydrogen-bond acceptors (Lipinski definition) is 1. The van der Waals surface area contributed by atoms with E-state index >= 15 is 0 Å². The second-order valence-electron chi connectivity index (χ2n) is 4.60. The maximum Gasteiger partial charge on any atom is 0.0577 e. The summed E-state index contributed by atoms with van der Waals surface area (Å²) in [4.78, 5) is 0. The van der Waals surface area contributed by atoms with Crippen LogP contribution in [0, 0.1) is 6.92 Å². The topological polar surface area (TPSA) is 12.0 Å². The Morgan fingerprint density at radius 3 is 2.05 bits per heavy atom. The number of benzene rings is 2. The first-order chi connectivity index (χ1) is 9.10. The molecule has 0 heterocycles. The van der Waals surface area contributed by atoms with E-state index in [0.717, 1.165) is 12.1 Å². The predicted octanol–water partition coefficient (Wildman–Crippen LogP) is 5.00. The van der Waals surface area contributed by atoms with Crippen molar-refractivity contribution < 1.29 is 0 Å². The first-order valence-electron chi connectivity index (χ1n) is 6.36. The van der Waals surface area contributed by atoms with Gasteiger partial charge in [0.25, 0.3) is 0 Å². The van der Waals surface area contributed by atoms with Gasteiger partial charge in [-0.3, -0.25) is 0 Å². The second-order valence-corrected chi connectivity index (χ2v) is 5.48. The summed E-state index contributed by atoms with van der Waals surface area (Å²) in [5.41, 5.74) is 3.55. The summed E-state index contributed by atoms with van der Waals surface area (Å²) in [5, 5.41) is 4.80. The van der Waals surface area contributed by atoms with E-state index in [4.69, 9.17) is 23.2 Å². The van der Waals surface area contributed by atoms with Crippen molar-refractivity contribution in [1.29, 1.82) is 0 Å². The van der Waals surface area contributed by atoms with Crippen LogP contribution in [0.5, 0.6) is 0 Å². The van der Waals surface area contributed by atoms with E-state index < -0.39 is 0 Å². The van der Waals surface area contributed by atoms with Crippen LogP contribution in [0.15, 0.2) is 42.5 Å². The van der Waals surface area contributed by atoms with E-state index in [1.165, 1.54) is 11.1 Å². The number of rotatable bonds is 4. The first kappa shape index (κ1) is 14.4. The molecule has 2 rings (SSSR count). The number of hydrogen-bond donors (Lipinski definition) is 1. The minimum Gasteiger partial charge on any atom is -0.307 e. The third-order valence-electron chi connectivity index (χ3n) is 3.04. The van der Waals surface area contributed by atoms with E-state index in [1.807, 2.05) is 12.1 Å². The molecule has 3 heteroatoms. The minimum absolute atomic E-state index is 0.113. The third-order valence-corrected chi connectivity index (χ3v) is 3.47. The normalized spacial score (nSPS) is 12.4. The van der Waals surface area contributed by atoms with Crippen molar-refractivity contribution >= 4 is 23.2 Å². The fourth-order valence-corrected chi connectivity index (χ4v) is 2.68. The van der Waals surface area contributed by atoms with Crippen molar-refractivity contribution in [3.05, 3.63) is 69.2 Å². The van der Waals surface area contributed by atoms with Crippen LogP contribution < -0.4 is 5.32 Å². The van der Waals surface area contributed by atoms with E-state index in [-0.39, 0.29) is 6.04 Å². The molecule has 0 radical (unpaired) electrons. The minimum atomic E-state index is 0.113. The summed E-state index contributed by atoms with van der Waals surface area (Å²) >= 11 is 12.2. The molecule has 0 fully saturated rings. The zero-order valence-corrected chi connectivity index (χ0v) is 12.6. The summed E-state index contributed by atoms with van der Waals surface area (Å²) in [6.45, 7) is 5.05. The average molecular weight is 294 g/mol. The Morgan fingerprint density at radius 1 is 0.947 bits per heavy atom. The predicted molar refractivity (Wildman–Crippen MR) is 83.2 cm³/mol. The molecule has 1 unspecified atom stereocenters. The fraction of sp³-hybridized carbons (Fsp3) is 0.250. The molecule has 2 aromatic rings. The number of nitrogens with one attached hydrogen (secondary N) is 1. The Bertz CT molecular complexity index is 529. The first-order valence-corrected chi connectivity index (χ1v) is 7.11. The van der Waals surface area contributed by atoms with Gasteiger partial charge in [0.05, 0.1) is 6.04 Å². The average Bonchev–Trinajstić information content (AvgIpc) is 2.36. The van der Waals surface area contributed by atoms with Crippen LogP contribution >= 0.6 is 23.2 Å². The Labute approximate surface area is 124 Å². The van der Waals surface area contributed by atoms with Gasteiger partial charge in [-0.25, -0.2) is 0 Å². The van der Waals surface area contributed by atoms with Gasteiger partial charge in [-0.15, -0.1) is 0 Å². The molecule has 2 aromatic carbocycles. The molecule has 0 aliphatic rings. The molecule has 19 heavy (non-hydrogen) atoms. The Balaban J connectivity index is 2.41. The van der Waals surface area contributed by atoms with E-state index in [9.17, 15) is 0 Å². The highest BCUT2D eigenvalue weighted by Crippen LogP contribution is 2.28. The largest absolute Gasteiger partial charge is 0.307 e. The molecular weight excluding hydrogens is 277 g/mol. The molecule has 1 nitrogen and oxygen atoms in total. The van der Waals surface area contributed by atoms with E-state index in [1.54, 1.807) is 6.07 Å². The summed E-state index contributed by atoms with van der Waals surface area (Å²) in [5.74, 6) is 0. The van der Waals surface area contributed by atoms with E-state index in [2.05, 4.69) is 43.4 Å². The van der Waals surface area contributed by atoms with Crippen molar-refractivity contribution in [2.24, 2.45) is 0 Å². The van der Waals surface area contributed by atoms with Crippen LogP contribution in [0.2, 0.25) is 10.0 Å². The number of halogens is 2. The Morgan fingerprint density at radius 2 is 1.53 bits per heavy atom. The van der Waals surface area contributed by atoms with Crippen LogP contribution in [-0.4, -0.2) is 6.54 Å². The molecule has 0 spiro atoms. The second kappa shape index (κ2) is 6.42. The highest BCUT2D eigenvalue weighted by Gasteiger charge is 2.14. The molecule has 0 aliphatic heterocycles. The van der Waals surface area contributed by atoms with Crippen LogP contribution in [0.1, 0.15) is 29.7 Å². The van der Waals surface area contributed by atoms with Gasteiger partial charge in [0.15, 0.2) is 0 Å². The monoisotopic (exact) mass is 293 g/mol. The van der Waals surface area contributed by atoms with Gasteiger partial charge in [0.1, 0.15) is 0 Å². The summed E-state index contributed by atoms with van der Waals surface area (Å²) in [7, 11) is 0. The standard InChI is InChI=1S/C16H17Cl2N/c1-3-19-16(12-6-4-11(2)5-7-12)13-8-14(17)10-15(18)9-13/h4-10,16,19H,3H2,1-2H3. The van der Waals surface area contributed by atoms with Crippen molar-refractivity contribution in [2.75, 3.05) is 6.54 Å². The molecule has 0 amide bonds. The summed E-state index contributed by atoms with van der Waals surface area (Å²) in [6.07, 6.45) is 0. The molecule has 100 valence electrons. The summed E-state index contributed by atoms with van der Waals surface area (Å²) in [6, 6.07) is 14.3. The molecule has 1 atom stereocenters. The molecule has 0 aromatic heterocycles. The highest BCUT2D eigenvalue weighted by molar-refractivity contribution is 6.34. The lowest BCUT2D eigenvalue weighted by molar-refractivity contribution is 0.630. The molecule has 1 N–H and O–H groups in total. The Hall–Kier alpha value is -1.02. The van der Waals surface area contributed by atoms with E-state index in [0.29, 0.717) is 10.0 Å². The smallest absolute Gasteiger partial charge is 0.0577 e. The van der Waals surface area contributed by atoms with Crippen molar-refractivity contribution in [2.45, 2.75) is 19.9 Å². The fourth-order valence-electron chi connectivity index (χ4n) is 2.13. The highest BCUT2D eigenvalue weighted by atomic mass is 35.5. The van der Waals surface area contributed by atoms with Crippen molar-refractivity contribution in [3.63, 3.8) is 0 Å². The zero-order valence-electron chi connectivity index (χ0n) is 11.1. The van der Waals surface area contributed by atoms with Gasteiger partial charge < -0.3 is 5.32 Å². The lowest BCUT2D eigenvalue weighted by Gasteiger charge is -2.19. The molecular formula is C16H17Cl2N. The molecule has 0 saturated carbocycles. The molecule has 0 saturated heterocycles. The van der Waals surface area contributed by atoms with Crippen LogP contribution in [0.25, 0.3) is 0 Å². The van der Waals surface area contributed by atoms with Gasteiger partial charge in [0, 0.05) is 10.0 Å². The van der Waals surface area contributed by atoms with Crippen LogP contribution in [-0.2, 0) is 0 Å². The molecule has 0 bridgehead atoms. The summed E-state index contributed by atoms with van der Waals surface area (Å²) < 4.78 is 0. The maximum atomic E-state index is 6.09. The van der Waals surface area contributed by atoms with Gasteiger partial charge in [-0.1, -0.05) is 60.0 Å². The van der Waals surface area contributed by atoms with Crippen molar-refractivity contribution in [1.82, 2.24) is 5.32 Å². The van der Waals surface area contributed by atoms with Crippen molar-refractivity contribution in [3.8, 4) is 0 Å². The quantitative estimate of drug-likeness (QED) is 0.836. The van der Waals surface area contributed by atoms with Crippen LogP contribution in [0.4, 0.5) is 0 Å². The maximum absolute atomic E-state index is 6.09. The van der Waals surface area contributed by atoms with Gasteiger partial charge in [-0.05, 0) is 42.8 Å². The zero-order chi connectivity index (χ0) is 13.8. The lowest BCUT2D eigenvalue weighted by atomic mass is 9.98. The van der Waals surface area contributed by atoms with Crippen LogP contribution in [0.3, 0.4) is 0 Å². The van der Waals surface area contributed by atoms with Gasteiger partial charge >= 0.3 is 0 Å². The molecule has 0 aliphatic carbocycles. The Kier molecular flexibility index (Phi) is 4.87. The van der Waals surface area contributed by atoms with Gasteiger partial charge in [0.2, 0.25) is 0 Å². The number of aryl methyl sites for hydroxylation is 1.